The Balaban J connectivity index is 1.81. The molecule has 3 rings (SSSR count). The molecule has 0 saturated carbocycles. The second-order valence-electron chi connectivity index (χ2n) is 8.52. The Hall–Kier alpha value is -3.50. The maximum absolute atomic E-state index is 13.4. The lowest BCUT2D eigenvalue weighted by atomic mass is 10.1. The van der Waals surface area contributed by atoms with Gasteiger partial charge in [-0.3, -0.25) is 19.7 Å². The Morgan fingerprint density at radius 2 is 2.03 bits per heavy atom. The average Bonchev–Trinajstić information content (AvgIpc) is 3.34. The molecule has 0 bridgehead atoms. The average molecular weight is 485 g/mol. The standard InChI is InChI=1S/C25H32N4O6/c1-17-6-4-8-21(18(17)2)27-24(30)16-28(15-20-7-5-12-35-20)25(31)19-9-10-22(26-11-13-34-3)23(14-19)29(32)33/h4,6,8-10,14,20,26H,5,7,11-13,15-16H2,1-3H3,(H,27,30). The summed E-state index contributed by atoms with van der Waals surface area (Å²) >= 11 is 0. The van der Waals surface area contributed by atoms with Gasteiger partial charge in [-0.1, -0.05) is 12.1 Å². The molecular formula is C25H32N4O6. The summed E-state index contributed by atoms with van der Waals surface area (Å²) in [6.07, 6.45) is 1.48. The number of aryl methyl sites for hydroxylation is 1. The smallest absolute Gasteiger partial charge is 0.293 e. The molecular weight excluding hydrogens is 452 g/mol. The van der Waals surface area contributed by atoms with Crippen LogP contribution in [-0.4, -0.2) is 67.7 Å². The minimum Gasteiger partial charge on any atom is -0.383 e. The van der Waals surface area contributed by atoms with Gasteiger partial charge in [-0.15, -0.1) is 0 Å². The number of carbonyl (C=O) groups is 2. The number of methoxy groups -OCH3 is 1. The molecule has 0 spiro atoms. The molecule has 2 N–H and O–H groups in total. The zero-order chi connectivity index (χ0) is 25.4. The molecule has 0 aromatic heterocycles. The number of nitro benzene ring substituents is 1. The number of nitro groups is 1. The van der Waals surface area contributed by atoms with E-state index in [1.54, 1.807) is 0 Å². The van der Waals surface area contributed by atoms with Crippen molar-refractivity contribution in [2.45, 2.75) is 32.8 Å². The Morgan fingerprint density at radius 1 is 1.23 bits per heavy atom. The third-order valence-electron chi connectivity index (χ3n) is 6.01. The lowest BCUT2D eigenvalue weighted by molar-refractivity contribution is -0.384. The van der Waals surface area contributed by atoms with Gasteiger partial charge in [0.05, 0.1) is 17.6 Å². The van der Waals surface area contributed by atoms with E-state index in [-0.39, 0.29) is 36.4 Å². The lowest BCUT2D eigenvalue weighted by Gasteiger charge is -2.25. The van der Waals surface area contributed by atoms with Crippen molar-refractivity contribution < 1.29 is 24.0 Å². The molecule has 1 unspecified atom stereocenters. The van der Waals surface area contributed by atoms with E-state index in [0.29, 0.717) is 31.1 Å². The maximum Gasteiger partial charge on any atom is 0.293 e. The third-order valence-corrected chi connectivity index (χ3v) is 6.01. The number of amides is 2. The molecule has 10 nitrogen and oxygen atoms in total. The minimum absolute atomic E-state index is 0.131. The Labute approximate surface area is 204 Å². The van der Waals surface area contributed by atoms with Crippen LogP contribution in [0, 0.1) is 24.0 Å². The van der Waals surface area contributed by atoms with Gasteiger partial charge < -0.3 is 25.0 Å². The van der Waals surface area contributed by atoms with Gasteiger partial charge in [0, 0.05) is 44.1 Å². The highest BCUT2D eigenvalue weighted by molar-refractivity contribution is 6.00. The molecule has 2 aromatic rings. The van der Waals surface area contributed by atoms with Crippen LogP contribution in [0.4, 0.5) is 17.1 Å². The fourth-order valence-electron chi connectivity index (χ4n) is 3.94. The molecule has 1 saturated heterocycles. The summed E-state index contributed by atoms with van der Waals surface area (Å²) in [5.41, 5.74) is 2.88. The summed E-state index contributed by atoms with van der Waals surface area (Å²) in [5.74, 6) is -0.819. The zero-order valence-electron chi connectivity index (χ0n) is 20.3. The molecule has 1 fully saturated rings. The lowest BCUT2D eigenvalue weighted by Crippen LogP contribution is -2.42. The summed E-state index contributed by atoms with van der Waals surface area (Å²) in [6, 6.07) is 9.89. The number of hydrogen-bond donors (Lipinski definition) is 2. The third kappa shape index (κ3) is 7.00. The highest BCUT2D eigenvalue weighted by Gasteiger charge is 2.27. The van der Waals surface area contributed by atoms with Crippen LogP contribution in [0.3, 0.4) is 0 Å². The monoisotopic (exact) mass is 484 g/mol. The van der Waals surface area contributed by atoms with Gasteiger partial charge in [-0.05, 0) is 56.0 Å². The second kappa shape index (κ2) is 12.3. The van der Waals surface area contributed by atoms with Gasteiger partial charge in [0.1, 0.15) is 12.2 Å². The molecule has 0 radical (unpaired) electrons. The maximum atomic E-state index is 13.4. The van der Waals surface area contributed by atoms with Crippen molar-refractivity contribution >= 4 is 28.9 Å². The molecule has 1 atom stereocenters. The van der Waals surface area contributed by atoms with Crippen LogP contribution < -0.4 is 10.6 Å². The summed E-state index contributed by atoms with van der Waals surface area (Å²) in [4.78, 5) is 38.8. The zero-order valence-corrected chi connectivity index (χ0v) is 20.3. The van der Waals surface area contributed by atoms with Crippen LogP contribution >= 0.6 is 0 Å². The summed E-state index contributed by atoms with van der Waals surface area (Å²) in [7, 11) is 1.54. The van der Waals surface area contributed by atoms with Crippen LogP contribution in [0.25, 0.3) is 0 Å². The van der Waals surface area contributed by atoms with Gasteiger partial charge in [-0.2, -0.15) is 0 Å². The van der Waals surface area contributed by atoms with E-state index in [1.165, 1.54) is 30.2 Å². The van der Waals surface area contributed by atoms with Crippen molar-refractivity contribution in [1.82, 2.24) is 4.90 Å². The van der Waals surface area contributed by atoms with Crippen molar-refractivity contribution in [3.05, 3.63) is 63.2 Å². The van der Waals surface area contributed by atoms with Gasteiger partial charge in [0.2, 0.25) is 5.91 Å². The minimum atomic E-state index is -0.538. The Bertz CT molecular complexity index is 1070. The van der Waals surface area contributed by atoms with Crippen molar-refractivity contribution in [3.63, 3.8) is 0 Å². The molecule has 1 heterocycles. The van der Waals surface area contributed by atoms with E-state index in [1.807, 2.05) is 32.0 Å². The number of nitrogens with one attached hydrogen (secondary N) is 2. The van der Waals surface area contributed by atoms with E-state index >= 15 is 0 Å². The molecule has 1 aliphatic rings. The van der Waals surface area contributed by atoms with Crippen LogP contribution in [0.5, 0.6) is 0 Å². The van der Waals surface area contributed by atoms with E-state index in [2.05, 4.69) is 10.6 Å². The summed E-state index contributed by atoms with van der Waals surface area (Å²) in [5, 5.41) is 17.5. The molecule has 2 amide bonds. The summed E-state index contributed by atoms with van der Waals surface area (Å²) in [6.45, 7) is 5.26. The molecule has 0 aliphatic carbocycles. The first-order valence-electron chi connectivity index (χ1n) is 11.6. The number of benzene rings is 2. The normalized spacial score (nSPS) is 15.0. The van der Waals surface area contributed by atoms with E-state index in [9.17, 15) is 19.7 Å². The number of hydrogen-bond acceptors (Lipinski definition) is 7. The fraction of sp³-hybridized carbons (Fsp3) is 0.440. The fourth-order valence-corrected chi connectivity index (χ4v) is 3.94. The van der Waals surface area contributed by atoms with Crippen molar-refractivity contribution in [3.8, 4) is 0 Å². The van der Waals surface area contributed by atoms with Crippen LogP contribution in [-0.2, 0) is 14.3 Å². The van der Waals surface area contributed by atoms with Gasteiger partial charge in [0.25, 0.3) is 11.6 Å². The quantitative estimate of drug-likeness (QED) is 0.284. The van der Waals surface area contributed by atoms with Gasteiger partial charge >= 0.3 is 0 Å². The molecule has 10 heteroatoms. The number of anilines is 2. The van der Waals surface area contributed by atoms with Gasteiger partial charge in [-0.25, -0.2) is 0 Å². The Morgan fingerprint density at radius 3 is 2.71 bits per heavy atom. The number of carbonyl (C=O) groups excluding carboxylic acids is 2. The highest BCUT2D eigenvalue weighted by atomic mass is 16.6. The topological polar surface area (TPSA) is 123 Å². The first-order valence-corrected chi connectivity index (χ1v) is 11.6. The predicted octanol–water partition coefficient (Wildman–Crippen LogP) is 3.53. The first-order chi connectivity index (χ1) is 16.8. The largest absolute Gasteiger partial charge is 0.383 e. The number of rotatable bonds is 11. The summed E-state index contributed by atoms with van der Waals surface area (Å²) < 4.78 is 10.7. The van der Waals surface area contributed by atoms with Crippen LogP contribution in [0.1, 0.15) is 34.3 Å². The SMILES string of the molecule is COCCNc1ccc(C(=O)N(CC(=O)Nc2cccc(C)c2C)CC2CCCO2)cc1[N+](=O)[O-]. The van der Waals surface area contributed by atoms with Gasteiger partial charge in [0.15, 0.2) is 0 Å². The number of nitrogens with zero attached hydrogens (tertiary/aromatic N) is 2. The molecule has 188 valence electrons. The van der Waals surface area contributed by atoms with Crippen molar-refractivity contribution in [2.24, 2.45) is 0 Å². The van der Waals surface area contributed by atoms with Crippen LogP contribution in [0.2, 0.25) is 0 Å². The van der Waals surface area contributed by atoms with Crippen molar-refractivity contribution in [2.75, 3.05) is 50.6 Å². The van der Waals surface area contributed by atoms with Crippen LogP contribution in [0.15, 0.2) is 36.4 Å². The van der Waals surface area contributed by atoms with E-state index < -0.39 is 10.8 Å². The Kier molecular flexibility index (Phi) is 9.16. The molecule has 1 aliphatic heterocycles. The molecule has 2 aromatic carbocycles. The molecule has 35 heavy (non-hydrogen) atoms. The van der Waals surface area contributed by atoms with E-state index in [4.69, 9.17) is 9.47 Å². The highest BCUT2D eigenvalue weighted by Crippen LogP contribution is 2.27. The predicted molar refractivity (Wildman–Crippen MR) is 133 cm³/mol. The number of ether oxygens (including phenoxy) is 2. The first kappa shape index (κ1) is 26.1. The second-order valence-corrected chi connectivity index (χ2v) is 8.52. The van der Waals surface area contributed by atoms with Crippen molar-refractivity contribution in [1.29, 1.82) is 0 Å². The van der Waals surface area contributed by atoms with E-state index in [0.717, 1.165) is 24.0 Å².